The number of rotatable bonds is 2. The Morgan fingerprint density at radius 2 is 1.71 bits per heavy atom. The minimum atomic E-state index is -0.181. The Hall–Kier alpha value is -1.50. The van der Waals surface area contributed by atoms with Gasteiger partial charge < -0.3 is 0 Å². The third kappa shape index (κ3) is 1.90. The number of allylic oxidation sites excluding steroid dienone is 2. The van der Waals surface area contributed by atoms with Gasteiger partial charge in [0.1, 0.15) is 0 Å². The summed E-state index contributed by atoms with van der Waals surface area (Å²) in [7, 11) is 0. The van der Waals surface area contributed by atoms with E-state index in [1.165, 1.54) is 0 Å². The molecule has 2 bridgehead atoms. The first-order chi connectivity index (χ1) is 10.2. The number of carbonyl (C=O) groups excluding carboxylic acids is 2. The molecule has 1 heterocycles. The number of hydrogen-bond donors (Lipinski definition) is 0. The van der Waals surface area contributed by atoms with Crippen LogP contribution < -0.4 is 0 Å². The summed E-state index contributed by atoms with van der Waals surface area (Å²) in [4.78, 5) is 24.9. The van der Waals surface area contributed by atoms with Crippen molar-refractivity contribution in [2.75, 3.05) is 0 Å². The van der Waals surface area contributed by atoms with Gasteiger partial charge in [-0.2, -0.15) is 10.1 Å². The molecule has 1 aromatic carbocycles. The number of benzene rings is 1. The van der Waals surface area contributed by atoms with Crippen molar-refractivity contribution < 1.29 is 9.59 Å². The predicted octanol–water partition coefficient (Wildman–Crippen LogP) is 2.43. The van der Waals surface area contributed by atoms with Crippen LogP contribution in [-0.2, 0) is 9.59 Å². The van der Waals surface area contributed by atoms with E-state index >= 15 is 0 Å². The molecular formula is C16H13IN2O2. The number of halogens is 1. The summed E-state index contributed by atoms with van der Waals surface area (Å²) < 4.78 is 1.04. The molecule has 1 saturated carbocycles. The van der Waals surface area contributed by atoms with E-state index in [1.54, 1.807) is 6.21 Å². The minimum Gasteiger partial charge on any atom is -0.272 e. The lowest BCUT2D eigenvalue weighted by atomic mass is 9.85. The molecule has 4 nitrogen and oxygen atoms in total. The molecular weight excluding hydrogens is 379 g/mol. The summed E-state index contributed by atoms with van der Waals surface area (Å²) in [6, 6.07) is 7.74. The maximum Gasteiger partial charge on any atom is 0.254 e. The van der Waals surface area contributed by atoms with Gasteiger partial charge in [-0.15, -0.1) is 0 Å². The fraction of sp³-hybridized carbons (Fsp3) is 0.312. The lowest BCUT2D eigenvalue weighted by Gasteiger charge is -2.13. The number of fused-ring (bicyclic) bond motifs is 5. The van der Waals surface area contributed by atoms with Crippen molar-refractivity contribution in [2.24, 2.45) is 28.8 Å². The summed E-state index contributed by atoms with van der Waals surface area (Å²) in [5, 5.41) is 5.26. The number of hydrazone groups is 1. The van der Waals surface area contributed by atoms with E-state index < -0.39 is 0 Å². The Bertz CT molecular complexity index is 667. The highest BCUT2D eigenvalue weighted by Crippen LogP contribution is 2.52. The molecule has 2 amide bonds. The smallest absolute Gasteiger partial charge is 0.254 e. The summed E-state index contributed by atoms with van der Waals surface area (Å²) in [6.07, 6.45) is 6.73. The molecule has 1 aromatic rings. The Balaban J connectivity index is 1.62. The van der Waals surface area contributed by atoms with Crippen LogP contribution in [0.5, 0.6) is 0 Å². The standard InChI is InChI=1S/C16H13IN2O2/c17-12-4-2-1-3-11(12)8-18-19-15(20)13-9-5-6-10(7-9)14(13)16(19)21/h1-6,8-10,13-14H,7H2/b18-8+. The first-order valence-electron chi connectivity index (χ1n) is 7.01. The van der Waals surface area contributed by atoms with Crippen LogP contribution in [-0.4, -0.2) is 23.0 Å². The average molecular weight is 392 g/mol. The van der Waals surface area contributed by atoms with Crippen LogP contribution in [0.3, 0.4) is 0 Å². The van der Waals surface area contributed by atoms with Gasteiger partial charge in [0.25, 0.3) is 11.8 Å². The zero-order chi connectivity index (χ0) is 14.6. The number of hydrogen-bond acceptors (Lipinski definition) is 3. The molecule has 106 valence electrons. The molecule has 4 unspecified atom stereocenters. The van der Waals surface area contributed by atoms with E-state index in [9.17, 15) is 9.59 Å². The van der Waals surface area contributed by atoms with Crippen LogP contribution in [0.25, 0.3) is 0 Å². The molecule has 21 heavy (non-hydrogen) atoms. The second-order valence-electron chi connectivity index (χ2n) is 5.75. The SMILES string of the molecule is O=C1C2C3C=CC(C3)C2C(=O)N1/N=C/c1ccccc1I. The summed E-state index contributed by atoms with van der Waals surface area (Å²) in [5.41, 5.74) is 0.914. The fourth-order valence-electron chi connectivity index (χ4n) is 3.70. The van der Waals surface area contributed by atoms with Crippen molar-refractivity contribution in [3.05, 3.63) is 45.6 Å². The molecule has 0 spiro atoms. The number of imide groups is 1. The van der Waals surface area contributed by atoms with Crippen molar-refractivity contribution in [2.45, 2.75) is 6.42 Å². The van der Waals surface area contributed by atoms with Crippen molar-refractivity contribution >= 4 is 40.6 Å². The molecule has 2 fully saturated rings. The lowest BCUT2D eigenvalue weighted by molar-refractivity contribution is -0.140. The van der Waals surface area contributed by atoms with Gasteiger partial charge in [0, 0.05) is 9.13 Å². The summed E-state index contributed by atoms with van der Waals surface area (Å²) in [6.45, 7) is 0. The molecule has 1 aliphatic heterocycles. The molecule has 1 saturated heterocycles. The van der Waals surface area contributed by atoms with Crippen molar-refractivity contribution in [3.8, 4) is 0 Å². The fourth-order valence-corrected chi connectivity index (χ4v) is 4.23. The number of nitrogens with zero attached hydrogens (tertiary/aromatic N) is 2. The second kappa shape index (κ2) is 4.76. The molecule has 4 atom stereocenters. The van der Waals surface area contributed by atoms with Gasteiger partial charge in [-0.3, -0.25) is 9.59 Å². The van der Waals surface area contributed by atoms with Crippen LogP contribution in [0.4, 0.5) is 0 Å². The van der Waals surface area contributed by atoms with E-state index in [2.05, 4.69) is 39.8 Å². The largest absolute Gasteiger partial charge is 0.272 e. The molecule has 2 aliphatic carbocycles. The van der Waals surface area contributed by atoms with Gasteiger partial charge in [0.2, 0.25) is 0 Å². The van der Waals surface area contributed by atoms with Gasteiger partial charge in [0.05, 0.1) is 18.1 Å². The predicted molar refractivity (Wildman–Crippen MR) is 86.3 cm³/mol. The van der Waals surface area contributed by atoms with Gasteiger partial charge in [-0.25, -0.2) is 0 Å². The van der Waals surface area contributed by atoms with Crippen molar-refractivity contribution in [3.63, 3.8) is 0 Å². The molecule has 0 N–H and O–H groups in total. The third-order valence-electron chi connectivity index (χ3n) is 4.66. The van der Waals surface area contributed by atoms with Crippen LogP contribution in [0.1, 0.15) is 12.0 Å². The Labute approximate surface area is 136 Å². The lowest BCUT2D eigenvalue weighted by Crippen LogP contribution is -2.28. The van der Waals surface area contributed by atoms with Gasteiger partial charge in [0.15, 0.2) is 0 Å². The van der Waals surface area contributed by atoms with E-state index in [0.717, 1.165) is 20.6 Å². The van der Waals surface area contributed by atoms with Crippen molar-refractivity contribution in [1.29, 1.82) is 0 Å². The van der Waals surface area contributed by atoms with Crippen LogP contribution in [0, 0.1) is 27.2 Å². The van der Waals surface area contributed by atoms with Gasteiger partial charge in [-0.1, -0.05) is 30.4 Å². The highest BCUT2D eigenvalue weighted by molar-refractivity contribution is 14.1. The monoisotopic (exact) mass is 392 g/mol. The van der Waals surface area contributed by atoms with Crippen LogP contribution in [0.15, 0.2) is 41.5 Å². The molecule has 0 radical (unpaired) electrons. The number of carbonyl (C=O) groups is 2. The molecule has 4 rings (SSSR count). The van der Waals surface area contributed by atoms with E-state index in [1.807, 2.05) is 24.3 Å². The maximum atomic E-state index is 12.4. The first-order valence-corrected chi connectivity index (χ1v) is 8.09. The topological polar surface area (TPSA) is 49.7 Å². The normalized spacial score (nSPS) is 33.5. The quantitative estimate of drug-likeness (QED) is 0.336. The maximum absolute atomic E-state index is 12.4. The van der Waals surface area contributed by atoms with Gasteiger partial charge in [-0.05, 0) is 46.9 Å². The Kier molecular flexibility index (Phi) is 2.99. The molecule has 3 aliphatic rings. The van der Waals surface area contributed by atoms with Crippen LogP contribution >= 0.6 is 22.6 Å². The highest BCUT2D eigenvalue weighted by atomic mass is 127. The zero-order valence-corrected chi connectivity index (χ0v) is 13.3. The summed E-state index contributed by atoms with van der Waals surface area (Å²) >= 11 is 2.21. The van der Waals surface area contributed by atoms with E-state index in [0.29, 0.717) is 0 Å². The van der Waals surface area contributed by atoms with E-state index in [-0.39, 0.29) is 35.5 Å². The van der Waals surface area contributed by atoms with Crippen molar-refractivity contribution in [1.82, 2.24) is 5.01 Å². The Morgan fingerprint density at radius 1 is 1.10 bits per heavy atom. The molecule has 5 heteroatoms. The third-order valence-corrected chi connectivity index (χ3v) is 5.65. The summed E-state index contributed by atoms with van der Waals surface area (Å²) in [5.74, 6) is -0.172. The number of amides is 2. The second-order valence-corrected chi connectivity index (χ2v) is 6.92. The minimum absolute atomic E-state index is 0.135. The van der Waals surface area contributed by atoms with Crippen LogP contribution in [0.2, 0.25) is 0 Å². The highest BCUT2D eigenvalue weighted by Gasteiger charge is 2.59. The Morgan fingerprint density at radius 3 is 2.33 bits per heavy atom. The first kappa shape index (κ1) is 13.2. The molecule has 0 aromatic heterocycles. The van der Waals surface area contributed by atoms with E-state index in [4.69, 9.17) is 0 Å². The van der Waals surface area contributed by atoms with Gasteiger partial charge >= 0.3 is 0 Å². The zero-order valence-electron chi connectivity index (χ0n) is 11.1. The average Bonchev–Trinajstić information content (AvgIpc) is 3.14.